The number of alkyl halides is 3. The van der Waals surface area contributed by atoms with Gasteiger partial charge in [-0.05, 0) is 30.7 Å². The van der Waals surface area contributed by atoms with Crippen LogP contribution < -0.4 is 0 Å². The van der Waals surface area contributed by atoms with Crippen molar-refractivity contribution in [3.63, 3.8) is 0 Å². The van der Waals surface area contributed by atoms with E-state index >= 15 is 0 Å². The van der Waals surface area contributed by atoms with Gasteiger partial charge in [0.25, 0.3) is 11.8 Å². The number of ketones is 1. The topological polar surface area (TPSA) is 57.7 Å². The fourth-order valence-corrected chi connectivity index (χ4v) is 3.20. The van der Waals surface area contributed by atoms with Gasteiger partial charge in [0, 0.05) is 37.3 Å². The van der Waals surface area contributed by atoms with E-state index in [1.807, 2.05) is 19.1 Å². The van der Waals surface area contributed by atoms with Crippen molar-refractivity contribution in [3.8, 4) is 0 Å². The fraction of sp³-hybridized carbons (Fsp3) is 0.286. The summed E-state index contributed by atoms with van der Waals surface area (Å²) in [7, 11) is 0. The molecule has 1 saturated heterocycles. The van der Waals surface area contributed by atoms with Crippen LogP contribution in [0.5, 0.6) is 0 Å². The number of aryl methyl sites for hydroxylation is 1. The van der Waals surface area contributed by atoms with Gasteiger partial charge in [0.1, 0.15) is 0 Å². The van der Waals surface area contributed by atoms with Crippen LogP contribution in [0.15, 0.2) is 48.5 Å². The Bertz CT molecular complexity index is 948. The van der Waals surface area contributed by atoms with E-state index in [0.29, 0.717) is 11.6 Å². The third kappa shape index (κ3) is 4.47. The number of rotatable bonds is 3. The van der Waals surface area contributed by atoms with Crippen molar-refractivity contribution < 1.29 is 27.6 Å². The van der Waals surface area contributed by atoms with E-state index in [1.165, 1.54) is 11.0 Å². The van der Waals surface area contributed by atoms with Crippen molar-refractivity contribution in [2.75, 3.05) is 26.2 Å². The van der Waals surface area contributed by atoms with E-state index in [0.717, 1.165) is 17.7 Å². The molecular formula is C21H19F3N2O3. The lowest BCUT2D eigenvalue weighted by molar-refractivity contribution is -0.137. The number of carbonyl (C=O) groups is 3. The van der Waals surface area contributed by atoms with Crippen LogP contribution in [0.4, 0.5) is 13.2 Å². The molecule has 3 rings (SSSR count). The molecule has 0 atom stereocenters. The van der Waals surface area contributed by atoms with Crippen molar-refractivity contribution in [1.29, 1.82) is 0 Å². The molecule has 0 N–H and O–H groups in total. The molecule has 5 nitrogen and oxygen atoms in total. The van der Waals surface area contributed by atoms with Crippen molar-refractivity contribution in [1.82, 2.24) is 9.80 Å². The van der Waals surface area contributed by atoms with Crippen molar-refractivity contribution in [2.24, 2.45) is 0 Å². The zero-order valence-corrected chi connectivity index (χ0v) is 15.7. The van der Waals surface area contributed by atoms with Gasteiger partial charge in [-0.25, -0.2) is 0 Å². The van der Waals surface area contributed by atoms with Crippen LogP contribution in [-0.4, -0.2) is 53.6 Å². The van der Waals surface area contributed by atoms with Gasteiger partial charge in [-0.3, -0.25) is 14.4 Å². The molecule has 0 spiro atoms. The van der Waals surface area contributed by atoms with Gasteiger partial charge in [-0.1, -0.05) is 30.3 Å². The lowest BCUT2D eigenvalue weighted by atomic mass is 10.1. The number of nitrogens with zero attached hydrogens (tertiary/aromatic N) is 2. The smallest absolute Gasteiger partial charge is 0.335 e. The number of amides is 2. The Morgan fingerprint density at radius 1 is 0.862 bits per heavy atom. The second-order valence-electron chi connectivity index (χ2n) is 6.81. The molecule has 152 valence electrons. The summed E-state index contributed by atoms with van der Waals surface area (Å²) in [5, 5.41) is 0. The zero-order chi connectivity index (χ0) is 21.2. The van der Waals surface area contributed by atoms with Gasteiger partial charge in [-0.15, -0.1) is 0 Å². The first kappa shape index (κ1) is 20.6. The van der Waals surface area contributed by atoms with Crippen LogP contribution in [0.1, 0.15) is 31.8 Å². The molecule has 1 fully saturated rings. The molecule has 0 unspecified atom stereocenters. The first-order chi connectivity index (χ1) is 13.7. The van der Waals surface area contributed by atoms with Gasteiger partial charge in [0.15, 0.2) is 0 Å². The molecule has 0 aromatic heterocycles. The summed E-state index contributed by atoms with van der Waals surface area (Å²) < 4.78 is 38.5. The van der Waals surface area contributed by atoms with E-state index in [1.54, 1.807) is 17.0 Å². The highest BCUT2D eigenvalue weighted by Crippen LogP contribution is 2.29. The maximum absolute atomic E-state index is 12.8. The van der Waals surface area contributed by atoms with E-state index in [9.17, 15) is 27.6 Å². The molecule has 8 heteroatoms. The van der Waals surface area contributed by atoms with E-state index in [2.05, 4.69) is 0 Å². The maximum Gasteiger partial charge on any atom is 0.416 e. The van der Waals surface area contributed by atoms with Crippen LogP contribution in [0.3, 0.4) is 0 Å². The van der Waals surface area contributed by atoms with Gasteiger partial charge in [0.05, 0.1) is 5.56 Å². The minimum Gasteiger partial charge on any atom is -0.335 e. The van der Waals surface area contributed by atoms with Crippen LogP contribution in [0.2, 0.25) is 0 Å². The first-order valence-corrected chi connectivity index (χ1v) is 9.04. The Hall–Kier alpha value is -3.16. The quantitative estimate of drug-likeness (QED) is 0.583. The van der Waals surface area contributed by atoms with Gasteiger partial charge in [-0.2, -0.15) is 13.2 Å². The fourth-order valence-electron chi connectivity index (χ4n) is 3.20. The number of hydrogen-bond acceptors (Lipinski definition) is 3. The average Bonchev–Trinajstić information content (AvgIpc) is 2.72. The number of hydrogen-bond donors (Lipinski definition) is 0. The largest absolute Gasteiger partial charge is 0.416 e. The highest BCUT2D eigenvalue weighted by Gasteiger charge is 2.33. The highest BCUT2D eigenvalue weighted by molar-refractivity contribution is 6.42. The molecule has 1 aliphatic heterocycles. The SMILES string of the molecule is Cc1ccccc1C(=O)N1CCN(C(=O)C(=O)c2cccc(C(F)(F)F)c2)CC1. The first-order valence-electron chi connectivity index (χ1n) is 9.04. The molecule has 0 saturated carbocycles. The zero-order valence-electron chi connectivity index (χ0n) is 15.7. The maximum atomic E-state index is 12.8. The van der Waals surface area contributed by atoms with E-state index in [4.69, 9.17) is 0 Å². The minimum atomic E-state index is -4.60. The third-order valence-corrected chi connectivity index (χ3v) is 4.88. The van der Waals surface area contributed by atoms with Gasteiger partial charge in [0.2, 0.25) is 5.78 Å². The standard InChI is InChI=1S/C21H19F3N2O3/c1-14-5-2-3-8-17(14)19(28)25-9-11-26(12-10-25)20(29)18(27)15-6-4-7-16(13-15)21(22,23)24/h2-8,13H,9-12H2,1H3. The Balaban J connectivity index is 1.65. The summed E-state index contributed by atoms with van der Waals surface area (Å²) in [6, 6.07) is 11.0. The number of Topliss-reactive ketones (excluding diaryl/α,β-unsaturated/α-hetero) is 1. The second-order valence-corrected chi connectivity index (χ2v) is 6.81. The van der Waals surface area contributed by atoms with Crippen molar-refractivity contribution in [2.45, 2.75) is 13.1 Å². The molecule has 0 aliphatic carbocycles. The van der Waals surface area contributed by atoms with Gasteiger partial charge < -0.3 is 9.80 Å². The lowest BCUT2D eigenvalue weighted by Crippen LogP contribution is -2.52. The number of piperazine rings is 1. The molecule has 2 aromatic carbocycles. The molecule has 29 heavy (non-hydrogen) atoms. The average molecular weight is 404 g/mol. The highest BCUT2D eigenvalue weighted by atomic mass is 19.4. The molecule has 2 amide bonds. The monoisotopic (exact) mass is 404 g/mol. The molecule has 0 bridgehead atoms. The van der Waals surface area contributed by atoms with Gasteiger partial charge >= 0.3 is 6.18 Å². The number of halogens is 3. The Morgan fingerprint density at radius 3 is 2.10 bits per heavy atom. The molecular weight excluding hydrogens is 385 g/mol. The third-order valence-electron chi connectivity index (χ3n) is 4.88. The minimum absolute atomic E-state index is 0.140. The number of carbonyl (C=O) groups excluding carboxylic acids is 3. The molecule has 1 heterocycles. The van der Waals surface area contributed by atoms with E-state index in [-0.39, 0.29) is 37.6 Å². The Morgan fingerprint density at radius 2 is 1.48 bits per heavy atom. The summed E-state index contributed by atoms with van der Waals surface area (Å²) in [6.45, 7) is 2.60. The van der Waals surface area contributed by atoms with Crippen molar-refractivity contribution in [3.05, 3.63) is 70.8 Å². The predicted octanol–water partition coefficient (Wildman–Crippen LogP) is 3.18. The summed E-state index contributed by atoms with van der Waals surface area (Å²) in [5.41, 5.74) is 0.135. The number of benzene rings is 2. The van der Waals surface area contributed by atoms with Crippen LogP contribution in [0.25, 0.3) is 0 Å². The summed E-state index contributed by atoms with van der Waals surface area (Å²) in [5.74, 6) is -2.01. The summed E-state index contributed by atoms with van der Waals surface area (Å²) >= 11 is 0. The summed E-state index contributed by atoms with van der Waals surface area (Å²) in [4.78, 5) is 40.3. The molecule has 0 radical (unpaired) electrons. The second kappa shape index (κ2) is 8.06. The normalized spacial score (nSPS) is 14.6. The van der Waals surface area contributed by atoms with Crippen LogP contribution in [0, 0.1) is 6.92 Å². The lowest BCUT2D eigenvalue weighted by Gasteiger charge is -2.34. The van der Waals surface area contributed by atoms with Crippen LogP contribution >= 0.6 is 0 Å². The van der Waals surface area contributed by atoms with Crippen molar-refractivity contribution >= 4 is 17.6 Å². The summed E-state index contributed by atoms with van der Waals surface area (Å²) in [6.07, 6.45) is -4.60. The molecule has 1 aliphatic rings. The Kier molecular flexibility index (Phi) is 5.72. The molecule has 2 aromatic rings. The predicted molar refractivity (Wildman–Crippen MR) is 99.4 cm³/mol. The Labute approximate surface area is 165 Å². The van der Waals surface area contributed by atoms with E-state index < -0.39 is 23.4 Å². The van der Waals surface area contributed by atoms with Crippen LogP contribution in [-0.2, 0) is 11.0 Å².